The highest BCUT2D eigenvalue weighted by molar-refractivity contribution is 6.30. The fourth-order valence-electron chi connectivity index (χ4n) is 4.01. The Balaban J connectivity index is 1.60. The molecule has 1 aliphatic heterocycles. The lowest BCUT2D eigenvalue weighted by Gasteiger charge is -2.18. The Bertz CT molecular complexity index is 1110. The van der Waals surface area contributed by atoms with Gasteiger partial charge in [-0.05, 0) is 66.8 Å². The summed E-state index contributed by atoms with van der Waals surface area (Å²) in [6.07, 6.45) is 1.36. The van der Waals surface area contributed by atoms with Crippen LogP contribution in [0.25, 0.3) is 11.1 Å². The summed E-state index contributed by atoms with van der Waals surface area (Å²) < 4.78 is 12.3. The van der Waals surface area contributed by atoms with Gasteiger partial charge in [0.25, 0.3) is 0 Å². The van der Waals surface area contributed by atoms with Crippen LogP contribution < -0.4 is 9.47 Å². The molecule has 1 aliphatic rings. The lowest BCUT2D eigenvalue weighted by atomic mass is 9.96. The first-order chi connectivity index (χ1) is 14.8. The second-order valence-electron chi connectivity index (χ2n) is 8.46. The molecule has 1 N–H and O–H groups in total. The van der Waals surface area contributed by atoms with E-state index in [2.05, 4.69) is 13.8 Å². The van der Waals surface area contributed by atoms with Crippen molar-refractivity contribution < 1.29 is 19.4 Å². The van der Waals surface area contributed by atoms with E-state index in [0.29, 0.717) is 23.8 Å². The number of benzene rings is 3. The van der Waals surface area contributed by atoms with Crippen LogP contribution in [0.4, 0.5) is 0 Å². The van der Waals surface area contributed by atoms with Crippen molar-refractivity contribution in [3.63, 3.8) is 0 Å². The zero-order valence-corrected chi connectivity index (χ0v) is 18.4. The Hall–Kier alpha value is -2.98. The maximum absolute atomic E-state index is 11.1. The van der Waals surface area contributed by atoms with Crippen LogP contribution in [0, 0.1) is 0 Å². The molecule has 0 aromatic heterocycles. The topological polar surface area (TPSA) is 55.8 Å². The minimum absolute atomic E-state index is 0.0851. The van der Waals surface area contributed by atoms with Gasteiger partial charge in [-0.1, -0.05) is 48.0 Å². The number of carboxylic acid groups (broad SMARTS) is 1. The van der Waals surface area contributed by atoms with E-state index in [1.165, 1.54) is 0 Å². The quantitative estimate of drug-likeness (QED) is 0.471. The van der Waals surface area contributed by atoms with Crippen LogP contribution >= 0.6 is 11.6 Å². The van der Waals surface area contributed by atoms with Gasteiger partial charge in [-0.2, -0.15) is 0 Å². The van der Waals surface area contributed by atoms with Gasteiger partial charge in [-0.3, -0.25) is 4.79 Å². The largest absolute Gasteiger partial charge is 0.489 e. The first-order valence-electron chi connectivity index (χ1n) is 10.3. The van der Waals surface area contributed by atoms with Gasteiger partial charge in [0, 0.05) is 23.4 Å². The van der Waals surface area contributed by atoms with Crippen LogP contribution in [0.5, 0.6) is 11.5 Å². The van der Waals surface area contributed by atoms with E-state index in [4.69, 9.17) is 26.2 Å². The lowest BCUT2D eigenvalue weighted by Crippen LogP contribution is -2.25. The van der Waals surface area contributed by atoms with E-state index in [1.807, 2.05) is 60.7 Å². The van der Waals surface area contributed by atoms with Gasteiger partial charge >= 0.3 is 5.97 Å². The molecule has 3 aromatic carbocycles. The number of hydrogen-bond acceptors (Lipinski definition) is 3. The number of carbonyl (C=O) groups is 1. The number of ether oxygens (including phenoxy) is 2. The molecule has 3 aromatic rings. The van der Waals surface area contributed by atoms with Gasteiger partial charge in [0.2, 0.25) is 0 Å². The number of fused-ring (bicyclic) bond motifs is 1. The van der Waals surface area contributed by atoms with Crippen molar-refractivity contribution in [3.8, 4) is 22.6 Å². The summed E-state index contributed by atoms with van der Waals surface area (Å²) >= 11 is 6.33. The van der Waals surface area contributed by atoms with Gasteiger partial charge < -0.3 is 14.6 Å². The van der Waals surface area contributed by atoms with Crippen LogP contribution in [0.1, 0.15) is 37.0 Å². The number of halogens is 1. The molecule has 0 radical (unpaired) electrons. The van der Waals surface area contributed by atoms with Crippen molar-refractivity contribution in [1.82, 2.24) is 0 Å². The highest BCUT2D eigenvalue weighted by atomic mass is 35.5. The number of rotatable bonds is 7. The van der Waals surface area contributed by atoms with Crippen molar-refractivity contribution in [2.45, 2.75) is 45.3 Å². The second-order valence-corrected chi connectivity index (χ2v) is 8.90. The number of hydrogen-bond donors (Lipinski definition) is 1. The van der Waals surface area contributed by atoms with E-state index in [0.717, 1.165) is 40.0 Å². The standard InChI is InChI=1S/C26H25ClO4/c1-26(2)15-19-12-21(27)13-20(25(19)31-26)16-30-22-10-8-18(9-11-24(28)29)23(14-22)17-6-4-3-5-7-17/h3-8,10,12-14H,9,11,15-16H2,1-2H3,(H,28,29). The Morgan fingerprint density at radius 2 is 1.87 bits per heavy atom. The second kappa shape index (κ2) is 8.64. The molecule has 1 heterocycles. The molecule has 0 spiro atoms. The Labute approximate surface area is 187 Å². The van der Waals surface area contributed by atoms with Crippen LogP contribution in [0.3, 0.4) is 0 Å². The zero-order chi connectivity index (χ0) is 22.0. The average molecular weight is 437 g/mol. The van der Waals surface area contributed by atoms with Gasteiger partial charge in [0.15, 0.2) is 0 Å². The molecule has 5 heteroatoms. The molecule has 0 aliphatic carbocycles. The minimum Gasteiger partial charge on any atom is -0.489 e. The summed E-state index contributed by atoms with van der Waals surface area (Å²) in [7, 11) is 0. The van der Waals surface area contributed by atoms with Crippen LogP contribution in [-0.4, -0.2) is 16.7 Å². The van der Waals surface area contributed by atoms with Crippen LogP contribution in [0.15, 0.2) is 60.7 Å². The Morgan fingerprint density at radius 3 is 2.61 bits per heavy atom. The molecular weight excluding hydrogens is 412 g/mol. The molecule has 0 saturated heterocycles. The smallest absolute Gasteiger partial charge is 0.303 e. The molecule has 4 nitrogen and oxygen atoms in total. The third-order valence-electron chi connectivity index (χ3n) is 5.37. The number of carboxylic acids is 1. The van der Waals surface area contributed by atoms with E-state index < -0.39 is 5.97 Å². The number of aliphatic carboxylic acids is 1. The van der Waals surface area contributed by atoms with Crippen molar-refractivity contribution >= 4 is 17.6 Å². The molecular formula is C26H25ClO4. The van der Waals surface area contributed by atoms with Crippen molar-refractivity contribution in [2.24, 2.45) is 0 Å². The predicted molar refractivity (Wildman–Crippen MR) is 122 cm³/mol. The summed E-state index contributed by atoms with van der Waals surface area (Å²) in [4.78, 5) is 11.1. The highest BCUT2D eigenvalue weighted by Gasteiger charge is 2.32. The highest BCUT2D eigenvalue weighted by Crippen LogP contribution is 2.40. The molecule has 0 fully saturated rings. The van der Waals surface area contributed by atoms with Crippen molar-refractivity contribution in [3.05, 3.63) is 82.4 Å². The first-order valence-corrected chi connectivity index (χ1v) is 10.7. The summed E-state index contributed by atoms with van der Waals surface area (Å²) in [6.45, 7) is 4.46. The van der Waals surface area contributed by atoms with Crippen molar-refractivity contribution in [2.75, 3.05) is 0 Å². The van der Waals surface area contributed by atoms with Gasteiger partial charge in [-0.15, -0.1) is 0 Å². The molecule has 0 atom stereocenters. The van der Waals surface area contributed by atoms with E-state index in [9.17, 15) is 4.79 Å². The maximum atomic E-state index is 11.1. The van der Waals surface area contributed by atoms with Gasteiger partial charge in [-0.25, -0.2) is 0 Å². The molecule has 0 unspecified atom stereocenters. The summed E-state index contributed by atoms with van der Waals surface area (Å²) in [5.41, 5.74) is 4.76. The van der Waals surface area contributed by atoms with E-state index >= 15 is 0 Å². The van der Waals surface area contributed by atoms with Gasteiger partial charge in [0.1, 0.15) is 23.7 Å². The van der Waals surface area contributed by atoms with Gasteiger partial charge in [0.05, 0.1) is 0 Å². The molecule has 31 heavy (non-hydrogen) atoms. The third kappa shape index (κ3) is 5.02. The SMILES string of the molecule is CC1(C)Cc2cc(Cl)cc(COc3ccc(CCC(=O)O)c(-c4ccccc4)c3)c2O1. The molecule has 0 saturated carbocycles. The molecule has 160 valence electrons. The fourth-order valence-corrected chi connectivity index (χ4v) is 4.27. The van der Waals surface area contributed by atoms with E-state index in [-0.39, 0.29) is 12.0 Å². The fraction of sp³-hybridized carbons (Fsp3) is 0.269. The monoisotopic (exact) mass is 436 g/mol. The average Bonchev–Trinajstić information content (AvgIpc) is 3.05. The first kappa shape index (κ1) is 21.3. The number of aryl methyl sites for hydroxylation is 1. The minimum atomic E-state index is -0.808. The lowest BCUT2D eigenvalue weighted by molar-refractivity contribution is -0.136. The Morgan fingerprint density at radius 1 is 1.10 bits per heavy atom. The van der Waals surface area contributed by atoms with Crippen LogP contribution in [0.2, 0.25) is 5.02 Å². The van der Waals surface area contributed by atoms with Crippen molar-refractivity contribution in [1.29, 1.82) is 0 Å². The summed E-state index contributed by atoms with van der Waals surface area (Å²) in [5.74, 6) is 0.761. The van der Waals surface area contributed by atoms with Crippen LogP contribution in [-0.2, 0) is 24.2 Å². The Kier molecular flexibility index (Phi) is 5.92. The summed E-state index contributed by atoms with van der Waals surface area (Å²) in [6, 6.07) is 19.6. The normalized spacial score (nSPS) is 14.0. The zero-order valence-electron chi connectivity index (χ0n) is 17.7. The summed E-state index contributed by atoms with van der Waals surface area (Å²) in [5, 5.41) is 9.76. The molecule has 0 bridgehead atoms. The molecule has 0 amide bonds. The molecule has 4 rings (SSSR count). The predicted octanol–water partition coefficient (Wildman–Crippen LogP) is 6.32. The maximum Gasteiger partial charge on any atom is 0.303 e. The third-order valence-corrected chi connectivity index (χ3v) is 5.59. The van der Waals surface area contributed by atoms with E-state index in [1.54, 1.807) is 0 Å².